The number of benzene rings is 1. The number of hydrazine groups is 1. The molecule has 7 nitrogen and oxygen atoms in total. The van der Waals surface area contributed by atoms with Crippen LogP contribution < -0.4 is 16.2 Å². The van der Waals surface area contributed by atoms with Gasteiger partial charge in [0.25, 0.3) is 5.91 Å². The molecule has 1 aromatic carbocycles. The van der Waals surface area contributed by atoms with E-state index in [2.05, 4.69) is 33.3 Å². The van der Waals surface area contributed by atoms with Gasteiger partial charge in [0.2, 0.25) is 11.0 Å². The highest BCUT2D eigenvalue weighted by Gasteiger charge is 2.09. The van der Waals surface area contributed by atoms with Crippen LogP contribution in [0.2, 0.25) is 0 Å². The van der Waals surface area contributed by atoms with E-state index in [-0.39, 0.29) is 17.6 Å². The van der Waals surface area contributed by atoms with E-state index in [1.807, 2.05) is 6.07 Å². The van der Waals surface area contributed by atoms with E-state index in [0.29, 0.717) is 9.90 Å². The summed E-state index contributed by atoms with van der Waals surface area (Å²) in [7, 11) is 0. The monoisotopic (exact) mass is 351 g/mol. The lowest BCUT2D eigenvalue weighted by Gasteiger charge is -2.06. The Hall–Kier alpha value is -2.13. The second kappa shape index (κ2) is 9.11. The van der Waals surface area contributed by atoms with Crippen LogP contribution in [0.1, 0.15) is 23.7 Å². The van der Waals surface area contributed by atoms with Crippen LogP contribution in [0.3, 0.4) is 0 Å². The first-order valence-corrected chi connectivity index (χ1v) is 8.83. The Morgan fingerprint density at radius 1 is 1.17 bits per heavy atom. The summed E-state index contributed by atoms with van der Waals surface area (Å²) in [5.74, 6) is -0.513. The molecular formula is C14H17N5O2S2. The zero-order chi connectivity index (χ0) is 16.5. The number of carbonyl (C=O) groups is 2. The van der Waals surface area contributed by atoms with E-state index < -0.39 is 0 Å². The largest absolute Gasteiger partial charge is 0.360 e. The van der Waals surface area contributed by atoms with Crippen molar-refractivity contribution >= 4 is 40.0 Å². The molecule has 0 fully saturated rings. The van der Waals surface area contributed by atoms with Crippen molar-refractivity contribution in [3.8, 4) is 0 Å². The third kappa shape index (κ3) is 5.87. The number of nitrogens with one attached hydrogen (secondary N) is 3. The van der Waals surface area contributed by atoms with Crippen molar-refractivity contribution in [1.82, 2.24) is 21.0 Å². The van der Waals surface area contributed by atoms with Gasteiger partial charge < -0.3 is 5.32 Å². The minimum atomic E-state index is -0.356. The first kappa shape index (κ1) is 17.2. The van der Waals surface area contributed by atoms with Crippen molar-refractivity contribution in [2.75, 3.05) is 17.6 Å². The Balaban J connectivity index is 1.71. The molecule has 0 unspecified atom stereocenters. The number of hydrogen-bond acceptors (Lipinski definition) is 7. The number of amides is 2. The fraction of sp³-hybridized carbons (Fsp3) is 0.286. The number of hydrogen-bond donors (Lipinski definition) is 3. The quantitative estimate of drug-likeness (QED) is 0.521. The average molecular weight is 351 g/mol. The summed E-state index contributed by atoms with van der Waals surface area (Å²) in [6.45, 7) is 2.91. The number of anilines is 1. The van der Waals surface area contributed by atoms with Crippen LogP contribution in [-0.4, -0.2) is 34.3 Å². The van der Waals surface area contributed by atoms with E-state index in [1.54, 1.807) is 24.3 Å². The lowest BCUT2D eigenvalue weighted by atomic mass is 10.2. The highest BCUT2D eigenvalue weighted by molar-refractivity contribution is 8.01. The molecule has 1 heterocycles. The maximum absolute atomic E-state index is 11.8. The minimum Gasteiger partial charge on any atom is -0.360 e. The predicted octanol–water partition coefficient (Wildman–Crippen LogP) is 1.91. The standard InChI is InChI=1S/C14H17N5O2S2/c1-2-8-15-13-18-19-14(23-13)22-9-11(20)16-17-12(21)10-6-4-3-5-7-10/h3-7H,2,8-9H2,1H3,(H,15,18)(H,16,20)(H,17,21). The van der Waals surface area contributed by atoms with Crippen LogP contribution >= 0.6 is 23.1 Å². The molecule has 9 heteroatoms. The third-order valence-corrected chi connectivity index (χ3v) is 4.63. The van der Waals surface area contributed by atoms with Gasteiger partial charge in [0.05, 0.1) is 5.75 Å². The van der Waals surface area contributed by atoms with E-state index in [1.165, 1.54) is 23.1 Å². The molecule has 3 N–H and O–H groups in total. The minimum absolute atomic E-state index is 0.150. The molecule has 0 saturated carbocycles. The summed E-state index contributed by atoms with van der Waals surface area (Å²) in [6.07, 6.45) is 1.01. The Bertz CT molecular complexity index is 648. The van der Waals surface area contributed by atoms with Crippen molar-refractivity contribution in [1.29, 1.82) is 0 Å². The molecule has 0 saturated heterocycles. The molecule has 0 spiro atoms. The lowest BCUT2D eigenvalue weighted by Crippen LogP contribution is -2.42. The van der Waals surface area contributed by atoms with Crippen LogP contribution in [0.15, 0.2) is 34.7 Å². The number of carbonyl (C=O) groups excluding carboxylic acids is 2. The first-order chi connectivity index (χ1) is 11.2. The molecule has 0 bridgehead atoms. The van der Waals surface area contributed by atoms with Crippen molar-refractivity contribution < 1.29 is 9.59 Å². The van der Waals surface area contributed by atoms with E-state index in [4.69, 9.17) is 0 Å². The van der Waals surface area contributed by atoms with Crippen molar-refractivity contribution in [3.63, 3.8) is 0 Å². The Kier molecular flexibility index (Phi) is 6.82. The smallest absolute Gasteiger partial charge is 0.269 e. The molecule has 23 heavy (non-hydrogen) atoms. The third-order valence-electron chi connectivity index (χ3n) is 2.61. The van der Waals surface area contributed by atoms with Gasteiger partial charge in [-0.2, -0.15) is 0 Å². The summed E-state index contributed by atoms with van der Waals surface area (Å²) in [6, 6.07) is 8.67. The fourth-order valence-electron chi connectivity index (χ4n) is 1.52. The Morgan fingerprint density at radius 3 is 2.70 bits per heavy atom. The van der Waals surface area contributed by atoms with Gasteiger partial charge in [0.15, 0.2) is 4.34 Å². The van der Waals surface area contributed by atoms with Gasteiger partial charge >= 0.3 is 0 Å². The zero-order valence-electron chi connectivity index (χ0n) is 12.5. The summed E-state index contributed by atoms with van der Waals surface area (Å²) in [4.78, 5) is 23.5. The van der Waals surface area contributed by atoms with Gasteiger partial charge in [0.1, 0.15) is 0 Å². The maximum atomic E-state index is 11.8. The lowest BCUT2D eigenvalue weighted by molar-refractivity contribution is -0.119. The number of aromatic nitrogens is 2. The van der Waals surface area contributed by atoms with E-state index in [9.17, 15) is 9.59 Å². The summed E-state index contributed by atoms with van der Waals surface area (Å²) in [5, 5.41) is 11.8. The summed E-state index contributed by atoms with van der Waals surface area (Å²) in [5.41, 5.74) is 5.23. The Labute approximate surface area is 142 Å². The number of rotatable bonds is 7. The molecule has 122 valence electrons. The van der Waals surface area contributed by atoms with Gasteiger partial charge in [-0.25, -0.2) is 0 Å². The molecular weight excluding hydrogens is 334 g/mol. The SMILES string of the molecule is CCCNc1nnc(SCC(=O)NNC(=O)c2ccccc2)s1. The molecule has 0 radical (unpaired) electrons. The van der Waals surface area contributed by atoms with E-state index >= 15 is 0 Å². The normalized spacial score (nSPS) is 10.1. The van der Waals surface area contributed by atoms with Crippen molar-refractivity contribution in [2.24, 2.45) is 0 Å². The molecule has 0 aliphatic heterocycles. The molecule has 0 atom stereocenters. The predicted molar refractivity (Wildman–Crippen MR) is 91.5 cm³/mol. The molecule has 1 aromatic heterocycles. The molecule has 2 amide bonds. The number of nitrogens with zero attached hydrogens (tertiary/aromatic N) is 2. The zero-order valence-corrected chi connectivity index (χ0v) is 14.2. The average Bonchev–Trinajstić information content (AvgIpc) is 3.04. The van der Waals surface area contributed by atoms with Crippen LogP contribution in [0, 0.1) is 0 Å². The maximum Gasteiger partial charge on any atom is 0.269 e. The van der Waals surface area contributed by atoms with Crippen LogP contribution in [0.25, 0.3) is 0 Å². The van der Waals surface area contributed by atoms with Gasteiger partial charge in [-0.3, -0.25) is 20.4 Å². The van der Waals surface area contributed by atoms with Crippen LogP contribution in [0.5, 0.6) is 0 Å². The number of thioether (sulfide) groups is 1. The van der Waals surface area contributed by atoms with Gasteiger partial charge in [-0.15, -0.1) is 10.2 Å². The Morgan fingerprint density at radius 2 is 1.96 bits per heavy atom. The molecule has 0 aliphatic carbocycles. The summed E-state index contributed by atoms with van der Waals surface area (Å²) < 4.78 is 0.702. The van der Waals surface area contributed by atoms with Gasteiger partial charge in [-0.1, -0.05) is 48.2 Å². The second-order valence-corrected chi connectivity index (χ2v) is 6.66. The van der Waals surface area contributed by atoms with Crippen molar-refractivity contribution in [2.45, 2.75) is 17.7 Å². The first-order valence-electron chi connectivity index (χ1n) is 7.03. The van der Waals surface area contributed by atoms with Gasteiger partial charge in [0, 0.05) is 12.1 Å². The highest BCUT2D eigenvalue weighted by Crippen LogP contribution is 2.24. The fourth-order valence-corrected chi connectivity index (χ4v) is 3.10. The van der Waals surface area contributed by atoms with Gasteiger partial charge in [-0.05, 0) is 18.6 Å². The van der Waals surface area contributed by atoms with Crippen LogP contribution in [-0.2, 0) is 4.79 Å². The highest BCUT2D eigenvalue weighted by atomic mass is 32.2. The van der Waals surface area contributed by atoms with Crippen molar-refractivity contribution in [3.05, 3.63) is 35.9 Å². The second-order valence-electron chi connectivity index (χ2n) is 4.46. The molecule has 2 rings (SSSR count). The summed E-state index contributed by atoms with van der Waals surface area (Å²) >= 11 is 2.67. The van der Waals surface area contributed by atoms with E-state index in [0.717, 1.165) is 18.1 Å². The van der Waals surface area contributed by atoms with Crippen LogP contribution in [0.4, 0.5) is 5.13 Å². The topological polar surface area (TPSA) is 96.0 Å². The molecule has 0 aliphatic rings. The molecule has 2 aromatic rings.